The summed E-state index contributed by atoms with van der Waals surface area (Å²) in [6.45, 7) is 4.51. The number of hydrogen-bond acceptors (Lipinski definition) is 6. The van der Waals surface area contributed by atoms with Gasteiger partial charge in [0.15, 0.2) is 6.61 Å². The zero-order valence-electron chi connectivity index (χ0n) is 18.6. The first kappa shape index (κ1) is 23.1. The Morgan fingerprint density at radius 1 is 1.21 bits per heavy atom. The lowest BCUT2D eigenvalue weighted by atomic mass is 9.97. The number of benzene rings is 2. The highest BCUT2D eigenvalue weighted by Gasteiger charge is 2.34. The van der Waals surface area contributed by atoms with Crippen molar-refractivity contribution in [3.63, 3.8) is 0 Å². The topological polar surface area (TPSA) is 114 Å². The van der Waals surface area contributed by atoms with Gasteiger partial charge in [0.2, 0.25) is 15.9 Å². The van der Waals surface area contributed by atoms with Gasteiger partial charge in [0, 0.05) is 30.8 Å². The van der Waals surface area contributed by atoms with Crippen molar-refractivity contribution >= 4 is 33.2 Å². The molecule has 0 radical (unpaired) electrons. The van der Waals surface area contributed by atoms with Gasteiger partial charge in [-0.05, 0) is 62.6 Å². The van der Waals surface area contributed by atoms with Crippen molar-refractivity contribution in [2.24, 2.45) is 5.92 Å². The molecule has 33 heavy (non-hydrogen) atoms. The molecule has 2 amide bonds. The van der Waals surface area contributed by atoms with Crippen LogP contribution in [-0.4, -0.2) is 50.8 Å². The monoisotopic (exact) mass is 473 g/mol. The Labute approximate surface area is 193 Å². The Morgan fingerprint density at radius 2 is 1.91 bits per heavy atom. The van der Waals surface area contributed by atoms with E-state index in [0.29, 0.717) is 42.1 Å². The first-order valence-corrected chi connectivity index (χ1v) is 12.3. The maximum absolute atomic E-state index is 13.3. The van der Waals surface area contributed by atoms with Crippen LogP contribution in [0.1, 0.15) is 25.3 Å². The lowest BCUT2D eigenvalue weighted by Crippen LogP contribution is -2.41. The minimum Gasteiger partial charge on any atom is -0.494 e. The molecule has 2 heterocycles. The molecule has 0 aromatic heterocycles. The molecular formula is C23H27N3O6S. The fourth-order valence-electron chi connectivity index (χ4n) is 4.04. The second-order valence-corrected chi connectivity index (χ2v) is 9.98. The molecular weight excluding hydrogens is 446 g/mol. The maximum atomic E-state index is 13.3. The molecule has 10 heteroatoms. The van der Waals surface area contributed by atoms with E-state index in [0.717, 1.165) is 5.75 Å². The number of rotatable bonds is 6. The number of aryl methyl sites for hydroxylation is 1. The van der Waals surface area contributed by atoms with E-state index in [4.69, 9.17) is 9.47 Å². The molecule has 4 rings (SSSR count). The van der Waals surface area contributed by atoms with Crippen molar-refractivity contribution in [2.45, 2.75) is 31.6 Å². The number of amides is 2. The molecule has 2 aromatic carbocycles. The molecule has 2 aliphatic heterocycles. The van der Waals surface area contributed by atoms with Crippen molar-refractivity contribution in [3.8, 4) is 11.5 Å². The fourth-order valence-corrected chi connectivity index (χ4v) is 5.73. The predicted molar refractivity (Wildman–Crippen MR) is 123 cm³/mol. The van der Waals surface area contributed by atoms with Gasteiger partial charge in [-0.15, -0.1) is 0 Å². The zero-order chi connectivity index (χ0) is 23.6. The molecule has 1 saturated heterocycles. The Hall–Kier alpha value is -3.11. The minimum atomic E-state index is -3.76. The van der Waals surface area contributed by atoms with Crippen molar-refractivity contribution in [1.82, 2.24) is 4.31 Å². The average Bonchev–Trinajstić information content (AvgIpc) is 2.80. The third-order valence-electron chi connectivity index (χ3n) is 5.79. The Morgan fingerprint density at radius 3 is 2.58 bits per heavy atom. The van der Waals surface area contributed by atoms with Gasteiger partial charge >= 0.3 is 0 Å². The molecule has 0 saturated carbocycles. The van der Waals surface area contributed by atoms with Crippen LogP contribution < -0.4 is 20.1 Å². The smallest absolute Gasteiger partial charge is 0.262 e. The molecule has 1 fully saturated rings. The lowest BCUT2D eigenvalue weighted by molar-refractivity contribution is -0.121. The Balaban J connectivity index is 1.40. The first-order chi connectivity index (χ1) is 15.8. The van der Waals surface area contributed by atoms with Crippen LogP contribution in [0, 0.1) is 12.8 Å². The van der Waals surface area contributed by atoms with Gasteiger partial charge in [-0.3, -0.25) is 9.59 Å². The van der Waals surface area contributed by atoms with Crippen LogP contribution in [0.3, 0.4) is 0 Å². The van der Waals surface area contributed by atoms with Gasteiger partial charge in [-0.25, -0.2) is 8.42 Å². The summed E-state index contributed by atoms with van der Waals surface area (Å²) in [6.07, 6.45) is 0.858. The molecule has 2 aromatic rings. The highest BCUT2D eigenvalue weighted by atomic mass is 32.2. The van der Waals surface area contributed by atoms with Gasteiger partial charge < -0.3 is 20.1 Å². The minimum absolute atomic E-state index is 0.120. The summed E-state index contributed by atoms with van der Waals surface area (Å²) in [5.74, 6) is 0.405. The Bertz CT molecular complexity index is 1160. The SMILES string of the molecule is CCOc1ccc(NC(=O)C2CCN(S(=O)(=O)c3cc4c(cc3C)NC(=O)CO4)CC2)cc1. The summed E-state index contributed by atoms with van der Waals surface area (Å²) >= 11 is 0. The number of nitrogens with one attached hydrogen (secondary N) is 2. The van der Waals surface area contributed by atoms with Gasteiger partial charge in [-0.1, -0.05) is 0 Å². The summed E-state index contributed by atoms with van der Waals surface area (Å²) in [5.41, 5.74) is 1.66. The third kappa shape index (κ3) is 4.96. The normalized spacial score (nSPS) is 17.0. The van der Waals surface area contributed by atoms with Gasteiger partial charge in [0.25, 0.3) is 5.91 Å². The fraction of sp³-hybridized carbons (Fsp3) is 0.391. The maximum Gasteiger partial charge on any atom is 0.262 e. The predicted octanol–water partition coefficient (Wildman–Crippen LogP) is 2.76. The second kappa shape index (κ2) is 9.40. The molecule has 0 unspecified atom stereocenters. The van der Waals surface area contributed by atoms with E-state index in [2.05, 4.69) is 10.6 Å². The quantitative estimate of drug-likeness (QED) is 0.667. The second-order valence-electron chi connectivity index (χ2n) is 8.08. The molecule has 9 nitrogen and oxygen atoms in total. The van der Waals surface area contributed by atoms with E-state index >= 15 is 0 Å². The number of piperidine rings is 1. The lowest BCUT2D eigenvalue weighted by Gasteiger charge is -2.31. The number of hydrogen-bond donors (Lipinski definition) is 2. The van der Waals surface area contributed by atoms with Crippen molar-refractivity contribution < 1.29 is 27.5 Å². The van der Waals surface area contributed by atoms with Crippen LogP contribution in [0.4, 0.5) is 11.4 Å². The number of anilines is 2. The summed E-state index contributed by atoms with van der Waals surface area (Å²) < 4.78 is 38.8. The highest BCUT2D eigenvalue weighted by molar-refractivity contribution is 7.89. The van der Waals surface area contributed by atoms with E-state index in [-0.39, 0.29) is 42.3 Å². The molecule has 2 N–H and O–H groups in total. The van der Waals surface area contributed by atoms with Gasteiger partial charge in [-0.2, -0.15) is 4.31 Å². The summed E-state index contributed by atoms with van der Waals surface area (Å²) in [7, 11) is -3.76. The van der Waals surface area contributed by atoms with E-state index in [1.165, 1.54) is 10.4 Å². The van der Waals surface area contributed by atoms with Gasteiger partial charge in [0.05, 0.1) is 17.2 Å². The van der Waals surface area contributed by atoms with Crippen molar-refractivity contribution in [2.75, 3.05) is 36.9 Å². The first-order valence-electron chi connectivity index (χ1n) is 10.9. The molecule has 0 spiro atoms. The number of carbonyl (C=O) groups excluding carboxylic acids is 2. The van der Waals surface area contributed by atoms with Crippen LogP contribution in [0.5, 0.6) is 11.5 Å². The highest BCUT2D eigenvalue weighted by Crippen LogP contribution is 2.35. The average molecular weight is 474 g/mol. The number of nitrogens with zero attached hydrogens (tertiary/aromatic N) is 1. The standard InChI is InChI=1S/C23H27N3O6S/c1-3-31-18-6-4-17(5-7-18)24-23(28)16-8-10-26(11-9-16)33(29,30)21-13-20-19(12-15(21)2)25-22(27)14-32-20/h4-7,12-13,16H,3,8-11,14H2,1-2H3,(H,24,28)(H,25,27). The van der Waals surface area contributed by atoms with E-state index in [9.17, 15) is 18.0 Å². The summed E-state index contributed by atoms with van der Waals surface area (Å²) in [6, 6.07) is 10.2. The third-order valence-corrected chi connectivity index (χ3v) is 7.83. The number of sulfonamides is 1. The van der Waals surface area contributed by atoms with Crippen LogP contribution in [0.25, 0.3) is 0 Å². The zero-order valence-corrected chi connectivity index (χ0v) is 19.4. The van der Waals surface area contributed by atoms with E-state index < -0.39 is 10.0 Å². The summed E-state index contributed by atoms with van der Waals surface area (Å²) in [5, 5.41) is 5.58. The van der Waals surface area contributed by atoms with Crippen molar-refractivity contribution in [1.29, 1.82) is 0 Å². The van der Waals surface area contributed by atoms with Crippen LogP contribution in [0.15, 0.2) is 41.3 Å². The Kier molecular flexibility index (Phi) is 6.57. The van der Waals surface area contributed by atoms with E-state index in [1.54, 1.807) is 37.3 Å². The molecule has 0 atom stereocenters. The number of ether oxygens (including phenoxy) is 2. The van der Waals surface area contributed by atoms with Crippen molar-refractivity contribution in [3.05, 3.63) is 42.0 Å². The largest absolute Gasteiger partial charge is 0.494 e. The molecule has 0 bridgehead atoms. The van der Waals surface area contributed by atoms with E-state index in [1.807, 2.05) is 6.92 Å². The molecule has 2 aliphatic rings. The van der Waals surface area contributed by atoms with Crippen LogP contribution >= 0.6 is 0 Å². The van der Waals surface area contributed by atoms with Gasteiger partial charge in [0.1, 0.15) is 11.5 Å². The molecule has 0 aliphatic carbocycles. The number of fused-ring (bicyclic) bond motifs is 1. The van der Waals surface area contributed by atoms with Crippen LogP contribution in [-0.2, 0) is 19.6 Å². The molecule has 176 valence electrons. The van der Waals surface area contributed by atoms with Crippen LogP contribution in [0.2, 0.25) is 0 Å². The summed E-state index contributed by atoms with van der Waals surface area (Å²) in [4.78, 5) is 24.3. The number of carbonyl (C=O) groups is 2.